The highest BCUT2D eigenvalue weighted by atomic mass is 32.1. The molecule has 1 aromatic heterocycles. The standard InChI is InChI=1S/C13H25N3OS/c1-4-6-11(2)13-16-15-12(18-13)7-5-8-14-9-10-17-3/h11,14H,4-10H2,1-3H3. The summed E-state index contributed by atoms with van der Waals surface area (Å²) in [5.41, 5.74) is 0. The average Bonchev–Trinajstić information content (AvgIpc) is 2.83. The van der Waals surface area contributed by atoms with E-state index >= 15 is 0 Å². The van der Waals surface area contributed by atoms with Crippen molar-refractivity contribution >= 4 is 11.3 Å². The molecule has 0 saturated heterocycles. The number of hydrogen-bond donors (Lipinski definition) is 1. The van der Waals surface area contributed by atoms with E-state index in [-0.39, 0.29) is 0 Å². The Morgan fingerprint density at radius 1 is 1.33 bits per heavy atom. The maximum absolute atomic E-state index is 4.98. The summed E-state index contributed by atoms with van der Waals surface area (Å²) in [6.07, 6.45) is 4.55. The number of nitrogens with zero attached hydrogens (tertiary/aromatic N) is 2. The molecule has 0 fully saturated rings. The quantitative estimate of drug-likeness (QED) is 0.665. The van der Waals surface area contributed by atoms with Gasteiger partial charge in [-0.05, 0) is 19.4 Å². The third-order valence-electron chi connectivity index (χ3n) is 2.85. The average molecular weight is 271 g/mol. The Labute approximate surface area is 114 Å². The molecule has 0 saturated carbocycles. The van der Waals surface area contributed by atoms with Crippen LogP contribution in [0.4, 0.5) is 0 Å². The molecule has 0 amide bonds. The highest BCUT2D eigenvalue weighted by molar-refractivity contribution is 7.11. The summed E-state index contributed by atoms with van der Waals surface area (Å²) in [7, 11) is 1.72. The number of rotatable bonds is 10. The van der Waals surface area contributed by atoms with Gasteiger partial charge in [-0.2, -0.15) is 0 Å². The maximum atomic E-state index is 4.98. The molecule has 4 nitrogen and oxygen atoms in total. The Morgan fingerprint density at radius 2 is 2.17 bits per heavy atom. The van der Waals surface area contributed by atoms with Crippen LogP contribution >= 0.6 is 11.3 Å². The second-order valence-corrected chi connectivity index (χ2v) is 5.66. The lowest BCUT2D eigenvalue weighted by molar-refractivity contribution is 0.199. The molecule has 0 aromatic carbocycles. The van der Waals surface area contributed by atoms with Crippen molar-refractivity contribution in [3.63, 3.8) is 0 Å². The van der Waals surface area contributed by atoms with E-state index < -0.39 is 0 Å². The van der Waals surface area contributed by atoms with E-state index in [1.807, 2.05) is 0 Å². The normalized spacial score (nSPS) is 12.8. The third-order valence-corrected chi connectivity index (χ3v) is 4.07. The van der Waals surface area contributed by atoms with Crippen LogP contribution < -0.4 is 5.32 Å². The molecule has 0 aliphatic rings. The van der Waals surface area contributed by atoms with E-state index in [1.165, 1.54) is 22.9 Å². The molecule has 0 aliphatic heterocycles. The Balaban J connectivity index is 2.19. The van der Waals surface area contributed by atoms with Crippen molar-refractivity contribution in [1.82, 2.24) is 15.5 Å². The first-order valence-corrected chi connectivity index (χ1v) is 7.61. The van der Waals surface area contributed by atoms with Crippen LogP contribution in [-0.2, 0) is 11.2 Å². The second kappa shape index (κ2) is 9.42. The van der Waals surface area contributed by atoms with E-state index in [4.69, 9.17) is 4.74 Å². The summed E-state index contributed by atoms with van der Waals surface area (Å²) in [6.45, 7) is 7.16. The van der Waals surface area contributed by atoms with Gasteiger partial charge in [0.1, 0.15) is 10.0 Å². The lowest BCUT2D eigenvalue weighted by atomic mass is 10.1. The van der Waals surface area contributed by atoms with E-state index in [0.717, 1.165) is 32.5 Å². The molecule has 1 atom stereocenters. The van der Waals surface area contributed by atoms with Gasteiger partial charge in [-0.25, -0.2) is 0 Å². The third kappa shape index (κ3) is 5.89. The fourth-order valence-corrected chi connectivity index (χ4v) is 2.76. The van der Waals surface area contributed by atoms with E-state index in [0.29, 0.717) is 5.92 Å². The number of hydrogen-bond acceptors (Lipinski definition) is 5. The Hall–Kier alpha value is -0.520. The van der Waals surface area contributed by atoms with Gasteiger partial charge in [-0.15, -0.1) is 21.5 Å². The summed E-state index contributed by atoms with van der Waals surface area (Å²) < 4.78 is 4.98. The number of nitrogens with one attached hydrogen (secondary N) is 1. The Bertz CT molecular complexity index is 317. The van der Waals surface area contributed by atoms with E-state index in [1.54, 1.807) is 18.4 Å². The van der Waals surface area contributed by atoms with Crippen LogP contribution in [0.3, 0.4) is 0 Å². The van der Waals surface area contributed by atoms with Crippen molar-refractivity contribution < 1.29 is 4.74 Å². The molecule has 104 valence electrons. The van der Waals surface area contributed by atoms with Gasteiger partial charge in [-0.1, -0.05) is 20.3 Å². The number of methoxy groups -OCH3 is 1. The summed E-state index contributed by atoms with van der Waals surface area (Å²) in [6, 6.07) is 0. The highest BCUT2D eigenvalue weighted by Crippen LogP contribution is 2.24. The first kappa shape index (κ1) is 15.5. The molecule has 1 rings (SSSR count). The lowest BCUT2D eigenvalue weighted by Gasteiger charge is -2.03. The molecule has 1 heterocycles. The molecule has 1 N–H and O–H groups in total. The van der Waals surface area contributed by atoms with Crippen LogP contribution in [0.1, 0.15) is 49.0 Å². The molecule has 0 bridgehead atoms. The summed E-state index contributed by atoms with van der Waals surface area (Å²) in [4.78, 5) is 0. The van der Waals surface area contributed by atoms with Gasteiger partial charge in [0.05, 0.1) is 6.61 Å². The zero-order chi connectivity index (χ0) is 13.2. The van der Waals surface area contributed by atoms with Crippen LogP contribution in [0.25, 0.3) is 0 Å². The Kier molecular flexibility index (Phi) is 8.13. The van der Waals surface area contributed by atoms with Crippen molar-refractivity contribution in [2.24, 2.45) is 0 Å². The summed E-state index contributed by atoms with van der Waals surface area (Å²) >= 11 is 1.77. The van der Waals surface area contributed by atoms with Gasteiger partial charge >= 0.3 is 0 Å². The summed E-state index contributed by atoms with van der Waals surface area (Å²) in [5.74, 6) is 0.557. The SMILES string of the molecule is CCCC(C)c1nnc(CCCNCCOC)s1. The van der Waals surface area contributed by atoms with Crippen LogP contribution in [0, 0.1) is 0 Å². The fourth-order valence-electron chi connectivity index (χ4n) is 1.79. The van der Waals surface area contributed by atoms with Crippen molar-refractivity contribution in [3.05, 3.63) is 10.0 Å². The largest absolute Gasteiger partial charge is 0.383 e. The van der Waals surface area contributed by atoms with Gasteiger partial charge in [0.25, 0.3) is 0 Å². The van der Waals surface area contributed by atoms with Gasteiger partial charge in [0.15, 0.2) is 0 Å². The van der Waals surface area contributed by atoms with Crippen LogP contribution in [0.2, 0.25) is 0 Å². The van der Waals surface area contributed by atoms with Crippen LogP contribution in [0.15, 0.2) is 0 Å². The van der Waals surface area contributed by atoms with Crippen LogP contribution in [-0.4, -0.2) is 37.0 Å². The van der Waals surface area contributed by atoms with Gasteiger partial charge < -0.3 is 10.1 Å². The van der Waals surface area contributed by atoms with Crippen LogP contribution in [0.5, 0.6) is 0 Å². The molecule has 0 radical (unpaired) electrons. The van der Waals surface area contributed by atoms with Gasteiger partial charge in [0, 0.05) is 26.0 Å². The molecule has 1 unspecified atom stereocenters. The monoisotopic (exact) mass is 271 g/mol. The first-order chi connectivity index (χ1) is 8.77. The highest BCUT2D eigenvalue weighted by Gasteiger charge is 2.10. The van der Waals surface area contributed by atoms with E-state index in [2.05, 4.69) is 29.4 Å². The Morgan fingerprint density at radius 3 is 2.89 bits per heavy atom. The predicted octanol–water partition coefficient (Wildman–Crippen LogP) is 2.61. The minimum atomic E-state index is 0.557. The van der Waals surface area contributed by atoms with Crippen molar-refractivity contribution in [2.45, 2.75) is 45.4 Å². The summed E-state index contributed by atoms with van der Waals surface area (Å²) in [5, 5.41) is 14.3. The molecule has 0 spiro atoms. The first-order valence-electron chi connectivity index (χ1n) is 6.79. The van der Waals surface area contributed by atoms with Crippen molar-refractivity contribution in [2.75, 3.05) is 26.8 Å². The number of aromatic nitrogens is 2. The minimum Gasteiger partial charge on any atom is -0.383 e. The zero-order valence-corrected chi connectivity index (χ0v) is 12.6. The number of ether oxygens (including phenoxy) is 1. The minimum absolute atomic E-state index is 0.557. The van der Waals surface area contributed by atoms with Gasteiger partial charge in [0.2, 0.25) is 0 Å². The van der Waals surface area contributed by atoms with Crippen molar-refractivity contribution in [3.8, 4) is 0 Å². The van der Waals surface area contributed by atoms with E-state index in [9.17, 15) is 0 Å². The molecule has 1 aromatic rings. The fraction of sp³-hybridized carbons (Fsp3) is 0.846. The molecule has 0 aliphatic carbocycles. The predicted molar refractivity (Wildman–Crippen MR) is 76.3 cm³/mol. The number of aryl methyl sites for hydroxylation is 1. The molecule has 5 heteroatoms. The van der Waals surface area contributed by atoms with Crippen molar-refractivity contribution in [1.29, 1.82) is 0 Å². The van der Waals surface area contributed by atoms with Gasteiger partial charge in [-0.3, -0.25) is 0 Å². The molecule has 18 heavy (non-hydrogen) atoms. The molecular weight excluding hydrogens is 246 g/mol. The zero-order valence-electron chi connectivity index (χ0n) is 11.7. The smallest absolute Gasteiger partial charge is 0.120 e. The lowest BCUT2D eigenvalue weighted by Crippen LogP contribution is -2.20. The molecular formula is C13H25N3OS. The second-order valence-electron chi connectivity index (χ2n) is 4.57. The maximum Gasteiger partial charge on any atom is 0.120 e. The topological polar surface area (TPSA) is 47.0 Å².